The molecule has 1 atom stereocenters. The Morgan fingerprint density at radius 3 is 3.36 bits per heavy atom. The summed E-state index contributed by atoms with van der Waals surface area (Å²) in [5, 5.41) is 13.2. The Bertz CT molecular complexity index is 303. The highest BCUT2D eigenvalue weighted by atomic mass is 16.3. The molecule has 1 aromatic heterocycles. The van der Waals surface area contributed by atoms with Crippen molar-refractivity contribution < 1.29 is 5.11 Å². The number of nitrogens with zero attached hydrogens (tertiary/aromatic N) is 4. The second-order valence-corrected chi connectivity index (χ2v) is 2.54. The van der Waals surface area contributed by atoms with Gasteiger partial charge in [-0.3, -0.25) is 0 Å². The average Bonchev–Trinajstić information content (AvgIpc) is 2.34. The first-order valence-electron chi connectivity index (χ1n) is 3.39. The highest BCUT2D eigenvalue weighted by Crippen LogP contribution is 2.21. The Balaban J connectivity index is 2.51. The van der Waals surface area contributed by atoms with Crippen LogP contribution in [0.5, 0.6) is 0 Å². The van der Waals surface area contributed by atoms with Gasteiger partial charge in [-0.25, -0.2) is 9.67 Å². The van der Waals surface area contributed by atoms with Crippen LogP contribution in [0.3, 0.4) is 0 Å². The van der Waals surface area contributed by atoms with E-state index in [2.05, 4.69) is 15.1 Å². The van der Waals surface area contributed by atoms with Crippen molar-refractivity contribution in [1.82, 2.24) is 14.8 Å². The Morgan fingerprint density at radius 2 is 2.55 bits per heavy atom. The van der Waals surface area contributed by atoms with Gasteiger partial charge in [-0.2, -0.15) is 10.1 Å². The third kappa shape index (κ3) is 0.932. The van der Waals surface area contributed by atoms with E-state index in [1.54, 1.807) is 0 Å². The summed E-state index contributed by atoms with van der Waals surface area (Å²) in [4.78, 5) is 7.96. The van der Waals surface area contributed by atoms with E-state index in [0.29, 0.717) is 12.4 Å². The predicted octanol–water partition coefficient (Wildman–Crippen LogP) is 0.265. The fraction of sp³-hybridized carbons (Fsp3) is 0.500. The van der Waals surface area contributed by atoms with Gasteiger partial charge < -0.3 is 5.11 Å². The van der Waals surface area contributed by atoms with Crippen LogP contribution in [0, 0.1) is 0 Å². The lowest BCUT2D eigenvalue weighted by atomic mass is 10.2. The van der Waals surface area contributed by atoms with Crippen molar-refractivity contribution in [3.05, 3.63) is 6.33 Å². The molecular weight excluding hydrogens is 144 g/mol. The molecule has 5 heteroatoms. The normalized spacial score (nSPS) is 22.7. The number of rotatable bonds is 0. The van der Waals surface area contributed by atoms with E-state index in [-0.39, 0.29) is 0 Å². The van der Waals surface area contributed by atoms with Gasteiger partial charge in [0.1, 0.15) is 6.33 Å². The molecule has 2 rings (SSSR count). The third-order valence-electron chi connectivity index (χ3n) is 1.61. The van der Waals surface area contributed by atoms with E-state index >= 15 is 0 Å². The highest BCUT2D eigenvalue weighted by molar-refractivity contribution is 5.84. The van der Waals surface area contributed by atoms with Crippen LogP contribution in [0.1, 0.15) is 19.6 Å². The molecule has 1 aliphatic rings. The Morgan fingerprint density at radius 1 is 1.73 bits per heavy atom. The quantitative estimate of drug-likeness (QED) is 0.580. The van der Waals surface area contributed by atoms with Crippen molar-refractivity contribution in [3.63, 3.8) is 0 Å². The number of hydrogen-bond acceptors (Lipinski definition) is 4. The molecule has 0 amide bonds. The van der Waals surface area contributed by atoms with Crippen LogP contribution in [0.25, 0.3) is 0 Å². The fourth-order valence-electron chi connectivity index (χ4n) is 1.10. The number of aliphatic imine (C=N–C) groups is 1. The Kier molecular flexibility index (Phi) is 1.25. The summed E-state index contributed by atoms with van der Waals surface area (Å²) in [6.07, 6.45) is 1.33. The number of hydrogen-bond donors (Lipinski definition) is 1. The molecule has 0 saturated carbocycles. The molecule has 58 valence electrons. The van der Waals surface area contributed by atoms with Crippen LogP contribution in [0.2, 0.25) is 0 Å². The summed E-state index contributed by atoms with van der Waals surface area (Å²) in [6.45, 7) is 1.86. The van der Waals surface area contributed by atoms with Crippen LogP contribution in [-0.2, 0) is 0 Å². The second kappa shape index (κ2) is 2.13. The van der Waals surface area contributed by atoms with Crippen molar-refractivity contribution in [1.29, 1.82) is 0 Å². The highest BCUT2D eigenvalue weighted by Gasteiger charge is 2.18. The first-order chi connectivity index (χ1) is 5.27. The summed E-state index contributed by atoms with van der Waals surface area (Å²) in [7, 11) is 0. The van der Waals surface area contributed by atoms with Crippen LogP contribution >= 0.6 is 0 Å². The Labute approximate surface area is 63.4 Å². The second-order valence-electron chi connectivity index (χ2n) is 2.54. The predicted molar refractivity (Wildman–Crippen MR) is 38.7 cm³/mol. The lowest BCUT2D eigenvalue weighted by molar-refractivity contribution is 0.0970. The SMILES string of the molecule is CC1=Nc2ncnn2C(O)C1. The number of aliphatic hydroxyl groups is 1. The minimum absolute atomic E-state index is 0.487. The van der Waals surface area contributed by atoms with Crippen molar-refractivity contribution in [3.8, 4) is 0 Å². The van der Waals surface area contributed by atoms with Gasteiger partial charge in [0.05, 0.1) is 0 Å². The average molecular weight is 152 g/mol. The van der Waals surface area contributed by atoms with E-state index in [0.717, 1.165) is 5.71 Å². The van der Waals surface area contributed by atoms with E-state index in [1.165, 1.54) is 11.0 Å². The molecule has 5 nitrogen and oxygen atoms in total. The van der Waals surface area contributed by atoms with Crippen LogP contribution < -0.4 is 0 Å². The lowest BCUT2D eigenvalue weighted by Gasteiger charge is -2.15. The molecule has 0 saturated heterocycles. The summed E-state index contributed by atoms with van der Waals surface area (Å²) < 4.78 is 1.41. The molecular formula is C6H8N4O. The van der Waals surface area contributed by atoms with Crippen LogP contribution in [-0.4, -0.2) is 25.6 Å². The van der Waals surface area contributed by atoms with Crippen molar-refractivity contribution in [2.24, 2.45) is 4.99 Å². The van der Waals surface area contributed by atoms with Crippen molar-refractivity contribution >= 4 is 11.7 Å². The van der Waals surface area contributed by atoms with E-state index in [4.69, 9.17) is 0 Å². The van der Waals surface area contributed by atoms with Gasteiger partial charge in [0.15, 0.2) is 6.23 Å². The summed E-state index contributed by atoms with van der Waals surface area (Å²) in [5.41, 5.74) is 0.887. The molecule has 0 fully saturated rings. The summed E-state index contributed by atoms with van der Waals surface area (Å²) >= 11 is 0. The summed E-state index contributed by atoms with van der Waals surface area (Å²) in [6, 6.07) is 0. The van der Waals surface area contributed by atoms with E-state index < -0.39 is 6.23 Å². The fourth-order valence-corrected chi connectivity index (χ4v) is 1.10. The van der Waals surface area contributed by atoms with Gasteiger partial charge in [0, 0.05) is 12.1 Å². The van der Waals surface area contributed by atoms with E-state index in [1.807, 2.05) is 6.92 Å². The van der Waals surface area contributed by atoms with E-state index in [9.17, 15) is 5.11 Å². The van der Waals surface area contributed by atoms with Gasteiger partial charge in [-0.1, -0.05) is 0 Å². The van der Waals surface area contributed by atoms with Gasteiger partial charge in [-0.15, -0.1) is 0 Å². The van der Waals surface area contributed by atoms with Crippen LogP contribution in [0.4, 0.5) is 5.95 Å². The molecule has 1 N–H and O–H groups in total. The number of aromatic nitrogens is 3. The monoisotopic (exact) mass is 152 g/mol. The molecule has 0 aliphatic carbocycles. The zero-order chi connectivity index (χ0) is 7.84. The molecule has 0 radical (unpaired) electrons. The number of fused-ring (bicyclic) bond motifs is 1. The molecule has 1 aromatic rings. The van der Waals surface area contributed by atoms with Gasteiger partial charge in [-0.05, 0) is 6.92 Å². The largest absolute Gasteiger partial charge is 0.371 e. The summed E-state index contributed by atoms with van der Waals surface area (Å²) in [5.74, 6) is 0.487. The topological polar surface area (TPSA) is 63.3 Å². The number of aliphatic hydroxyl groups excluding tert-OH is 1. The molecule has 1 unspecified atom stereocenters. The smallest absolute Gasteiger partial charge is 0.250 e. The minimum Gasteiger partial charge on any atom is -0.371 e. The van der Waals surface area contributed by atoms with Gasteiger partial charge in [0.25, 0.3) is 0 Å². The van der Waals surface area contributed by atoms with Gasteiger partial charge in [0.2, 0.25) is 5.95 Å². The molecule has 0 spiro atoms. The molecule has 1 aliphatic heterocycles. The Hall–Kier alpha value is -1.23. The maximum Gasteiger partial charge on any atom is 0.250 e. The third-order valence-corrected chi connectivity index (χ3v) is 1.61. The van der Waals surface area contributed by atoms with Crippen molar-refractivity contribution in [2.45, 2.75) is 19.6 Å². The zero-order valence-corrected chi connectivity index (χ0v) is 6.10. The first kappa shape index (κ1) is 6.48. The molecule has 0 bridgehead atoms. The lowest BCUT2D eigenvalue weighted by Crippen LogP contribution is -2.16. The maximum absolute atomic E-state index is 9.40. The van der Waals surface area contributed by atoms with Crippen molar-refractivity contribution in [2.75, 3.05) is 0 Å². The minimum atomic E-state index is -0.593. The van der Waals surface area contributed by atoms with Gasteiger partial charge >= 0.3 is 0 Å². The zero-order valence-electron chi connectivity index (χ0n) is 6.10. The standard InChI is InChI=1S/C6H8N4O/c1-4-2-5(11)10-6(9-4)7-3-8-10/h3,5,11H,2H2,1H3. The molecule has 2 heterocycles. The first-order valence-corrected chi connectivity index (χ1v) is 3.39. The molecule has 11 heavy (non-hydrogen) atoms. The molecule has 0 aromatic carbocycles. The maximum atomic E-state index is 9.40. The van der Waals surface area contributed by atoms with Crippen LogP contribution in [0.15, 0.2) is 11.3 Å².